The van der Waals surface area contributed by atoms with Crippen molar-refractivity contribution >= 4 is 21.6 Å². The molecule has 1 heterocycles. The van der Waals surface area contributed by atoms with E-state index in [2.05, 4.69) is 34.4 Å². The number of fused-ring (bicyclic) bond motifs is 1. The van der Waals surface area contributed by atoms with Crippen molar-refractivity contribution in [1.29, 1.82) is 0 Å². The van der Waals surface area contributed by atoms with Crippen molar-refractivity contribution in [3.05, 3.63) is 43.5 Å². The quantitative estimate of drug-likeness (QED) is 0.541. The molecule has 1 aliphatic heterocycles. The van der Waals surface area contributed by atoms with Crippen molar-refractivity contribution in [2.24, 2.45) is 0 Å². The summed E-state index contributed by atoms with van der Waals surface area (Å²) in [4.78, 5) is 0. The van der Waals surface area contributed by atoms with Crippen molar-refractivity contribution in [2.75, 3.05) is 0 Å². The van der Waals surface area contributed by atoms with Crippen LogP contribution in [-0.4, -0.2) is 21.6 Å². The molecule has 0 unspecified atom stereocenters. The van der Waals surface area contributed by atoms with E-state index < -0.39 is 0 Å². The zero-order valence-electron chi connectivity index (χ0n) is 4.89. The Labute approximate surface area is 65.2 Å². The monoisotopic (exact) mass is 223 g/mol. The second-order valence-corrected chi connectivity index (χ2v) is 5.07. The number of allylic oxidation sites excluding steroid dienone is 7. The van der Waals surface area contributed by atoms with Crippen LogP contribution in [0.15, 0.2) is 39.5 Å². The van der Waals surface area contributed by atoms with Gasteiger partial charge in [0.05, 0.1) is 0 Å². The average Bonchev–Trinajstić information content (AvgIpc) is 2.33. The van der Waals surface area contributed by atoms with Crippen LogP contribution in [-0.2, 0) is 0 Å². The normalized spacial score (nSPS) is 21.3. The van der Waals surface area contributed by atoms with Crippen LogP contribution in [0.2, 0.25) is 0 Å². The first kappa shape index (κ1) is 5.55. The second-order valence-electron chi connectivity index (χ2n) is 2.00. The van der Waals surface area contributed by atoms with E-state index in [0.29, 0.717) is 0 Å². The molecule has 0 aromatic rings. The first-order chi connectivity index (χ1) is 4.47. The predicted octanol–water partition coefficient (Wildman–Crippen LogP) is 1.13. The summed E-state index contributed by atoms with van der Waals surface area (Å²) in [6, 6.07) is 0. The molecule has 1 radical (unpaired) electrons. The van der Waals surface area contributed by atoms with Crippen LogP contribution in [0.4, 0.5) is 0 Å². The summed E-state index contributed by atoms with van der Waals surface area (Å²) < 4.78 is 4.89. The Bertz CT molecular complexity index is 241. The molecule has 0 aromatic carbocycles. The molecule has 0 amide bonds. The first-order valence-electron chi connectivity index (χ1n) is 2.90. The molecule has 0 bridgehead atoms. The molecule has 0 N–H and O–H groups in total. The van der Waals surface area contributed by atoms with Gasteiger partial charge in [-0.1, -0.05) is 0 Å². The molecule has 0 nitrogen and oxygen atoms in total. The molecule has 0 atom stereocenters. The molecule has 9 heavy (non-hydrogen) atoms. The molecule has 0 fully saturated rings. The van der Waals surface area contributed by atoms with E-state index in [-0.39, 0.29) is 21.6 Å². The van der Waals surface area contributed by atoms with Gasteiger partial charge >= 0.3 is 65.1 Å². The zero-order chi connectivity index (χ0) is 6.10. The Kier molecular flexibility index (Phi) is 1.35. The molecular formula is C8H6Sb. The van der Waals surface area contributed by atoms with Crippen LogP contribution < -0.4 is 0 Å². The van der Waals surface area contributed by atoms with Crippen LogP contribution in [0.25, 0.3) is 0 Å². The second kappa shape index (κ2) is 2.19. The van der Waals surface area contributed by atoms with Crippen molar-refractivity contribution < 1.29 is 0 Å². The summed E-state index contributed by atoms with van der Waals surface area (Å²) in [6.07, 6.45) is 10.7. The summed E-state index contributed by atoms with van der Waals surface area (Å²) in [7, 11) is 0. The van der Waals surface area contributed by atoms with E-state index in [4.69, 9.17) is 0 Å². The van der Waals surface area contributed by atoms with E-state index in [1.165, 1.54) is 5.57 Å². The molecule has 0 saturated heterocycles. The standard InChI is InChI=1S/C8H5.Sb.H/c1-2-5-8-6-3-4-7-8;;/h2-6H;;. The molecular weight excluding hydrogens is 218 g/mol. The predicted molar refractivity (Wildman–Crippen MR) is 40.3 cm³/mol. The minimum absolute atomic E-state index is 0.389. The average molecular weight is 224 g/mol. The van der Waals surface area contributed by atoms with E-state index >= 15 is 0 Å². The van der Waals surface area contributed by atoms with E-state index in [9.17, 15) is 0 Å². The Morgan fingerprint density at radius 1 is 1.33 bits per heavy atom. The first-order valence-corrected chi connectivity index (χ1v) is 5.76. The molecule has 1 heteroatoms. The van der Waals surface area contributed by atoms with Gasteiger partial charge in [0.2, 0.25) is 0 Å². The summed E-state index contributed by atoms with van der Waals surface area (Å²) >= 11 is -0.389. The van der Waals surface area contributed by atoms with Gasteiger partial charge in [-0.15, -0.1) is 0 Å². The molecule has 2 rings (SSSR count). The van der Waals surface area contributed by atoms with Gasteiger partial charge < -0.3 is 0 Å². The summed E-state index contributed by atoms with van der Waals surface area (Å²) in [5, 5.41) is 0. The van der Waals surface area contributed by atoms with Gasteiger partial charge in [-0.25, -0.2) is 0 Å². The van der Waals surface area contributed by atoms with E-state index in [1.54, 1.807) is 3.52 Å². The SMILES string of the molecule is [C]1=CC=C2C=CC=[C]2[SbH]1. The fourth-order valence-corrected chi connectivity index (χ4v) is 3.26. The number of rotatable bonds is 0. The van der Waals surface area contributed by atoms with Gasteiger partial charge in [0.1, 0.15) is 0 Å². The molecule has 0 saturated carbocycles. The maximum absolute atomic E-state index is 3.32. The van der Waals surface area contributed by atoms with Crippen LogP contribution in [0.3, 0.4) is 0 Å². The number of hydrogen-bond acceptors (Lipinski definition) is 0. The van der Waals surface area contributed by atoms with Crippen molar-refractivity contribution in [3.8, 4) is 0 Å². The third kappa shape index (κ3) is 0.923. The van der Waals surface area contributed by atoms with Gasteiger partial charge in [0, 0.05) is 0 Å². The molecule has 1 aliphatic carbocycles. The molecule has 0 spiro atoms. The van der Waals surface area contributed by atoms with Crippen LogP contribution >= 0.6 is 0 Å². The fraction of sp³-hybridized carbons (Fsp3) is 0. The van der Waals surface area contributed by atoms with Crippen molar-refractivity contribution in [1.82, 2.24) is 0 Å². The Balaban J connectivity index is 2.46. The van der Waals surface area contributed by atoms with Crippen LogP contribution in [0.1, 0.15) is 0 Å². The van der Waals surface area contributed by atoms with E-state index in [0.717, 1.165) is 0 Å². The fourth-order valence-electron chi connectivity index (χ4n) is 0.944. The van der Waals surface area contributed by atoms with Gasteiger partial charge in [-0.3, -0.25) is 0 Å². The van der Waals surface area contributed by atoms with E-state index in [1.807, 2.05) is 0 Å². The van der Waals surface area contributed by atoms with Gasteiger partial charge in [-0.05, 0) is 0 Å². The van der Waals surface area contributed by atoms with Crippen molar-refractivity contribution in [2.45, 2.75) is 0 Å². The topological polar surface area (TPSA) is 0 Å². The molecule has 2 aliphatic rings. The van der Waals surface area contributed by atoms with Gasteiger partial charge in [0.15, 0.2) is 0 Å². The van der Waals surface area contributed by atoms with Crippen LogP contribution in [0.5, 0.6) is 0 Å². The Hall–Kier alpha value is -0.222. The van der Waals surface area contributed by atoms with Crippen molar-refractivity contribution in [3.63, 3.8) is 0 Å². The Morgan fingerprint density at radius 2 is 2.33 bits per heavy atom. The Morgan fingerprint density at radius 3 is 3.22 bits per heavy atom. The molecule has 43 valence electrons. The maximum atomic E-state index is 3.32. The number of hydrogen-bond donors (Lipinski definition) is 0. The van der Waals surface area contributed by atoms with Gasteiger partial charge in [0.25, 0.3) is 0 Å². The molecule has 0 aromatic heterocycles. The summed E-state index contributed by atoms with van der Waals surface area (Å²) in [5.74, 6) is 0. The third-order valence-electron chi connectivity index (χ3n) is 1.40. The van der Waals surface area contributed by atoms with Crippen LogP contribution in [0, 0.1) is 4.02 Å². The zero-order valence-corrected chi connectivity index (χ0v) is 7.74. The minimum atomic E-state index is -0.389. The summed E-state index contributed by atoms with van der Waals surface area (Å²) in [5.41, 5.74) is 1.43. The summed E-state index contributed by atoms with van der Waals surface area (Å²) in [6.45, 7) is 0. The third-order valence-corrected chi connectivity index (χ3v) is 4.36. The van der Waals surface area contributed by atoms with Gasteiger partial charge in [-0.2, -0.15) is 0 Å².